The second kappa shape index (κ2) is 7.84. The largest absolute Gasteiger partial charge is 0.269 e. The summed E-state index contributed by atoms with van der Waals surface area (Å²) in [6.07, 6.45) is 0. The first-order valence-electron chi connectivity index (χ1n) is 7.60. The van der Waals surface area contributed by atoms with Gasteiger partial charge in [-0.2, -0.15) is 0 Å². The zero-order valence-corrected chi connectivity index (χ0v) is 15.6. The van der Waals surface area contributed by atoms with E-state index in [-0.39, 0.29) is 5.69 Å². The number of thioether (sulfide) groups is 1. The molecule has 11 heteroatoms. The third-order valence-corrected chi connectivity index (χ3v) is 6.05. The van der Waals surface area contributed by atoms with Crippen molar-refractivity contribution < 1.29 is 31.4 Å². The van der Waals surface area contributed by atoms with Crippen LogP contribution in [0.15, 0.2) is 34.8 Å². The molecule has 2 aromatic carbocycles. The molecular formula is C17H10F5N2O2S2+. The fraction of sp³-hybridized carbons (Fsp3) is 0.118. The Kier molecular flexibility index (Phi) is 5.66. The lowest BCUT2D eigenvalue weighted by molar-refractivity contribution is -0.630. The van der Waals surface area contributed by atoms with Gasteiger partial charge in [-0.05, 0) is 6.92 Å². The first-order chi connectivity index (χ1) is 13.2. The number of hydrogen-bond acceptors (Lipinski definition) is 4. The topological polar surface area (TPSA) is 47.0 Å². The van der Waals surface area contributed by atoms with E-state index in [1.54, 1.807) is 17.0 Å². The highest BCUT2D eigenvalue weighted by Gasteiger charge is 2.28. The molecule has 0 aliphatic carbocycles. The molecule has 146 valence electrons. The third-order valence-electron chi connectivity index (χ3n) is 3.85. The summed E-state index contributed by atoms with van der Waals surface area (Å²) in [7, 11) is 0. The predicted octanol–water partition coefficient (Wildman–Crippen LogP) is 5.23. The van der Waals surface area contributed by atoms with Gasteiger partial charge in [-0.3, -0.25) is 10.1 Å². The summed E-state index contributed by atoms with van der Waals surface area (Å²) in [4.78, 5) is 11.0. The fourth-order valence-electron chi connectivity index (χ4n) is 2.40. The van der Waals surface area contributed by atoms with Crippen LogP contribution in [0.4, 0.5) is 27.6 Å². The number of thiazole rings is 1. The highest BCUT2D eigenvalue weighted by atomic mass is 32.2. The number of hydrogen-bond donors (Lipinski definition) is 0. The van der Waals surface area contributed by atoms with Crippen molar-refractivity contribution in [1.29, 1.82) is 0 Å². The van der Waals surface area contributed by atoms with Gasteiger partial charge in [0.05, 0.1) is 9.80 Å². The lowest BCUT2D eigenvalue weighted by atomic mass is 10.2. The molecule has 0 unspecified atom stereocenters. The minimum atomic E-state index is -2.20. The minimum absolute atomic E-state index is 0.105. The number of halogens is 5. The SMILES string of the molecule is Cc1sc[n+](-c2ccc([N+](=O)[O-])cc2)c1SCc1c(F)c(F)c(F)c(F)c1F. The van der Waals surface area contributed by atoms with E-state index < -0.39 is 45.3 Å². The molecule has 1 aromatic heterocycles. The van der Waals surface area contributed by atoms with Crippen molar-refractivity contribution >= 4 is 28.8 Å². The van der Waals surface area contributed by atoms with Crippen molar-refractivity contribution in [3.63, 3.8) is 0 Å². The standard InChI is InChI=1S/C17H10F5N2O2S2/c1-8-17(23(7-28-8)9-2-4-10(5-3-9)24(25)26)27-6-11-12(18)14(20)16(22)15(21)13(11)19/h2-5,7H,6H2,1H3/q+1. The highest BCUT2D eigenvalue weighted by molar-refractivity contribution is 7.98. The van der Waals surface area contributed by atoms with Gasteiger partial charge in [0, 0.05) is 35.6 Å². The van der Waals surface area contributed by atoms with Gasteiger partial charge in [-0.1, -0.05) is 23.1 Å². The van der Waals surface area contributed by atoms with E-state index in [1.807, 2.05) is 0 Å². The Bertz CT molecular complexity index is 1040. The lowest BCUT2D eigenvalue weighted by Gasteiger charge is -2.07. The molecule has 3 rings (SSSR count). The Morgan fingerprint density at radius 3 is 2.07 bits per heavy atom. The molecule has 0 atom stereocenters. The molecule has 0 radical (unpaired) electrons. The van der Waals surface area contributed by atoms with E-state index in [0.29, 0.717) is 10.7 Å². The van der Waals surface area contributed by atoms with Crippen LogP contribution in [0.2, 0.25) is 0 Å². The van der Waals surface area contributed by atoms with E-state index in [2.05, 4.69) is 0 Å². The quantitative estimate of drug-likeness (QED) is 0.105. The monoisotopic (exact) mass is 433 g/mol. The average Bonchev–Trinajstić information content (AvgIpc) is 3.05. The number of nitrogens with zero attached hydrogens (tertiary/aromatic N) is 2. The highest BCUT2D eigenvalue weighted by Crippen LogP contribution is 2.31. The number of aryl methyl sites for hydroxylation is 1. The van der Waals surface area contributed by atoms with Crippen LogP contribution in [0.1, 0.15) is 10.4 Å². The van der Waals surface area contributed by atoms with Crippen molar-refractivity contribution in [3.8, 4) is 5.69 Å². The van der Waals surface area contributed by atoms with Crippen LogP contribution < -0.4 is 4.57 Å². The smallest absolute Gasteiger partial charge is 0.258 e. The molecule has 1 heterocycles. The summed E-state index contributed by atoms with van der Waals surface area (Å²) in [5, 5.41) is 11.3. The normalized spacial score (nSPS) is 11.1. The number of nitro groups is 1. The number of rotatable bonds is 5. The molecule has 0 spiro atoms. The van der Waals surface area contributed by atoms with Crippen molar-refractivity contribution in [3.05, 3.63) is 79.4 Å². The van der Waals surface area contributed by atoms with Gasteiger partial charge in [0.25, 0.3) is 10.7 Å². The maximum Gasteiger partial charge on any atom is 0.269 e. The zero-order valence-electron chi connectivity index (χ0n) is 14.0. The van der Waals surface area contributed by atoms with E-state index in [4.69, 9.17) is 0 Å². The molecule has 0 bridgehead atoms. The number of aromatic nitrogens is 1. The Morgan fingerprint density at radius 1 is 1.00 bits per heavy atom. The van der Waals surface area contributed by atoms with Crippen LogP contribution in [0.3, 0.4) is 0 Å². The first-order valence-corrected chi connectivity index (χ1v) is 9.46. The Morgan fingerprint density at radius 2 is 1.54 bits per heavy atom. The molecule has 0 amide bonds. The molecule has 28 heavy (non-hydrogen) atoms. The lowest BCUT2D eigenvalue weighted by Crippen LogP contribution is -2.30. The van der Waals surface area contributed by atoms with Gasteiger partial charge in [-0.25, -0.2) is 22.0 Å². The van der Waals surface area contributed by atoms with Crippen molar-refractivity contribution in [2.24, 2.45) is 0 Å². The van der Waals surface area contributed by atoms with Crippen LogP contribution >= 0.6 is 23.1 Å². The van der Waals surface area contributed by atoms with Gasteiger partial charge in [0.2, 0.25) is 17.0 Å². The second-order valence-electron chi connectivity index (χ2n) is 5.57. The fourth-order valence-corrected chi connectivity index (χ4v) is 4.51. The number of benzene rings is 2. The van der Waals surface area contributed by atoms with Crippen LogP contribution in [-0.2, 0) is 5.75 Å². The van der Waals surface area contributed by atoms with Crippen LogP contribution in [0.5, 0.6) is 0 Å². The zero-order chi connectivity index (χ0) is 20.6. The van der Waals surface area contributed by atoms with Crippen molar-refractivity contribution in [2.45, 2.75) is 17.7 Å². The average molecular weight is 433 g/mol. The summed E-state index contributed by atoms with van der Waals surface area (Å²) in [6, 6.07) is 5.58. The van der Waals surface area contributed by atoms with E-state index in [9.17, 15) is 32.1 Å². The van der Waals surface area contributed by atoms with E-state index >= 15 is 0 Å². The molecule has 0 fully saturated rings. The van der Waals surface area contributed by atoms with E-state index in [1.165, 1.54) is 35.6 Å². The molecule has 0 aliphatic rings. The molecule has 4 nitrogen and oxygen atoms in total. The molecule has 0 saturated carbocycles. The Hall–Kier alpha value is -2.53. The molecule has 0 saturated heterocycles. The summed E-state index contributed by atoms with van der Waals surface area (Å²) in [5.74, 6) is -10.4. The van der Waals surface area contributed by atoms with Crippen LogP contribution in [0.25, 0.3) is 5.69 Å². The number of nitro benzene ring substituents is 1. The Balaban J connectivity index is 1.93. The molecule has 0 aliphatic heterocycles. The maximum absolute atomic E-state index is 13.9. The number of non-ortho nitro benzene ring substituents is 1. The maximum atomic E-state index is 13.9. The Labute approximate surface area is 163 Å². The summed E-state index contributed by atoms with van der Waals surface area (Å²) in [5.41, 5.74) is 1.21. The summed E-state index contributed by atoms with van der Waals surface area (Å²) in [6.45, 7) is 1.73. The van der Waals surface area contributed by atoms with Gasteiger partial charge in [0.15, 0.2) is 23.3 Å². The van der Waals surface area contributed by atoms with Gasteiger partial charge in [0.1, 0.15) is 0 Å². The van der Waals surface area contributed by atoms with Crippen molar-refractivity contribution in [2.75, 3.05) is 0 Å². The second-order valence-corrected chi connectivity index (χ2v) is 7.59. The predicted molar refractivity (Wildman–Crippen MR) is 93.0 cm³/mol. The third kappa shape index (κ3) is 3.59. The minimum Gasteiger partial charge on any atom is -0.258 e. The van der Waals surface area contributed by atoms with Gasteiger partial charge < -0.3 is 0 Å². The van der Waals surface area contributed by atoms with Gasteiger partial charge >= 0.3 is 0 Å². The van der Waals surface area contributed by atoms with Crippen LogP contribution in [-0.4, -0.2) is 4.92 Å². The molecule has 3 aromatic rings. The van der Waals surface area contributed by atoms with E-state index in [0.717, 1.165) is 16.6 Å². The molecular weight excluding hydrogens is 423 g/mol. The first kappa shape index (κ1) is 20.2. The summed E-state index contributed by atoms with van der Waals surface area (Å²) < 4.78 is 69.3. The van der Waals surface area contributed by atoms with Crippen LogP contribution in [0, 0.1) is 46.1 Å². The molecule has 0 N–H and O–H groups in total. The van der Waals surface area contributed by atoms with Gasteiger partial charge in [-0.15, -0.1) is 4.57 Å². The van der Waals surface area contributed by atoms with Crippen molar-refractivity contribution in [1.82, 2.24) is 0 Å². The summed E-state index contributed by atoms with van der Waals surface area (Å²) >= 11 is 2.20.